The van der Waals surface area contributed by atoms with Crippen LogP contribution in [0.2, 0.25) is 0 Å². The number of nitrogens with one attached hydrogen (secondary N) is 1. The molecule has 0 spiro atoms. The van der Waals surface area contributed by atoms with Crippen molar-refractivity contribution in [2.75, 3.05) is 20.1 Å². The predicted molar refractivity (Wildman–Crippen MR) is 121 cm³/mol. The highest BCUT2D eigenvalue weighted by atomic mass is 16.4. The second-order valence-electron chi connectivity index (χ2n) is 8.65. The molecule has 0 aliphatic carbocycles. The van der Waals surface area contributed by atoms with E-state index in [1.807, 2.05) is 20.8 Å². The number of amides is 2. The molecule has 0 bridgehead atoms. The Morgan fingerprint density at radius 1 is 1.13 bits per heavy atom. The van der Waals surface area contributed by atoms with Crippen LogP contribution in [0.25, 0.3) is 0 Å². The maximum atomic E-state index is 12.4. The van der Waals surface area contributed by atoms with Gasteiger partial charge in [0.2, 0.25) is 12.3 Å². The Morgan fingerprint density at radius 3 is 2.07 bits per heavy atom. The maximum Gasteiger partial charge on any atom is 0.331 e. The third-order valence-electron chi connectivity index (χ3n) is 5.50. The second kappa shape index (κ2) is 15.0. The molecule has 2 N–H and O–H groups in total. The molecule has 1 heterocycles. The minimum absolute atomic E-state index is 0.0618. The van der Waals surface area contributed by atoms with E-state index in [1.165, 1.54) is 44.2 Å². The van der Waals surface area contributed by atoms with E-state index >= 15 is 0 Å². The molecule has 2 atom stereocenters. The van der Waals surface area contributed by atoms with Crippen LogP contribution < -0.4 is 5.32 Å². The van der Waals surface area contributed by atoms with E-state index in [1.54, 1.807) is 13.1 Å². The van der Waals surface area contributed by atoms with E-state index in [9.17, 15) is 14.4 Å². The number of rotatable bonds is 10. The van der Waals surface area contributed by atoms with Crippen LogP contribution in [-0.2, 0) is 14.4 Å². The van der Waals surface area contributed by atoms with Crippen molar-refractivity contribution in [1.29, 1.82) is 0 Å². The molecule has 0 saturated carbocycles. The van der Waals surface area contributed by atoms with Crippen molar-refractivity contribution in [2.24, 2.45) is 5.92 Å². The third kappa shape index (κ3) is 10.2. The van der Waals surface area contributed by atoms with Gasteiger partial charge in [0.25, 0.3) is 0 Å². The lowest BCUT2D eigenvalue weighted by Crippen LogP contribution is -2.49. The van der Waals surface area contributed by atoms with Gasteiger partial charge in [-0.2, -0.15) is 0 Å². The quantitative estimate of drug-likeness (QED) is 0.414. The minimum atomic E-state index is -1.00. The van der Waals surface area contributed by atoms with Crippen LogP contribution in [0.1, 0.15) is 73.6 Å². The van der Waals surface area contributed by atoms with E-state index in [-0.39, 0.29) is 23.4 Å². The number of carboxylic acids is 1. The molecule has 1 fully saturated rings. The molecule has 0 radical (unpaired) electrons. The van der Waals surface area contributed by atoms with Gasteiger partial charge >= 0.3 is 5.97 Å². The molecule has 174 valence electrons. The smallest absolute Gasteiger partial charge is 0.331 e. The van der Waals surface area contributed by atoms with E-state index < -0.39 is 12.0 Å². The topological polar surface area (TPSA) is 90.0 Å². The first-order valence-corrected chi connectivity index (χ1v) is 11.2. The molecule has 1 aliphatic heterocycles. The van der Waals surface area contributed by atoms with Crippen LogP contribution in [0.4, 0.5) is 0 Å². The van der Waals surface area contributed by atoms with Gasteiger partial charge in [-0.15, -0.1) is 0 Å². The Bertz CT molecular complexity index is 555. The summed E-state index contributed by atoms with van der Waals surface area (Å²) in [5.74, 6) is -1.15. The molecule has 0 aromatic rings. The number of hydrogen-bond donors (Lipinski definition) is 2. The molecule has 1 aliphatic rings. The number of carboxylic acid groups (broad SMARTS) is 1. The molecule has 0 unspecified atom stereocenters. The van der Waals surface area contributed by atoms with E-state index in [0.29, 0.717) is 12.8 Å². The highest BCUT2D eigenvalue weighted by Crippen LogP contribution is 2.15. The SMILES string of the molecule is CC(C)N1CCCCC1.CCC[C@@H](NC=O)C(=O)N(C)[C@H](/C=C(\C)C(=O)O)C(C)C. The number of carbonyl (C=O) groups is 3. The van der Waals surface area contributed by atoms with E-state index in [0.717, 1.165) is 12.5 Å². The zero-order valence-corrected chi connectivity index (χ0v) is 20.0. The molecule has 0 aromatic carbocycles. The van der Waals surface area contributed by atoms with Gasteiger partial charge in [-0.3, -0.25) is 9.59 Å². The lowest BCUT2D eigenvalue weighted by molar-refractivity contribution is -0.136. The van der Waals surface area contributed by atoms with Gasteiger partial charge in [0.1, 0.15) is 6.04 Å². The summed E-state index contributed by atoms with van der Waals surface area (Å²) in [7, 11) is 1.63. The highest BCUT2D eigenvalue weighted by molar-refractivity contribution is 5.87. The summed E-state index contributed by atoms with van der Waals surface area (Å²) in [4.78, 5) is 38.1. The van der Waals surface area contributed by atoms with Crippen LogP contribution in [0, 0.1) is 5.92 Å². The van der Waals surface area contributed by atoms with Crippen LogP contribution in [0.5, 0.6) is 0 Å². The van der Waals surface area contributed by atoms with Gasteiger partial charge in [0, 0.05) is 18.7 Å². The van der Waals surface area contributed by atoms with E-state index in [4.69, 9.17) is 5.11 Å². The fourth-order valence-electron chi connectivity index (χ4n) is 3.56. The first kappa shape index (κ1) is 28.1. The number of likely N-dealkylation sites (N-methyl/N-ethyl adjacent to an activating group) is 1. The van der Waals surface area contributed by atoms with Gasteiger partial charge in [0.05, 0.1) is 6.04 Å². The lowest BCUT2D eigenvalue weighted by Gasteiger charge is -2.32. The number of nitrogens with zero attached hydrogens (tertiary/aromatic N) is 2. The number of hydrogen-bond acceptors (Lipinski definition) is 4. The standard InChI is InChI=1S/C15H26N2O4.C8H17N/c1-6-7-12(16-9-18)14(19)17(5)13(10(2)3)8-11(4)15(20)21;1-8(2)9-6-4-3-5-7-9/h8-10,12-13H,6-7H2,1-5H3,(H,16,18)(H,20,21);8H,3-7H2,1-2H3/b11-8+;/t12-,13-;/m1./s1. The van der Waals surface area contributed by atoms with Crippen molar-refractivity contribution in [3.63, 3.8) is 0 Å². The summed E-state index contributed by atoms with van der Waals surface area (Å²) in [5.41, 5.74) is 0.198. The molecule has 0 aromatic heterocycles. The Labute approximate surface area is 182 Å². The fraction of sp³-hybridized carbons (Fsp3) is 0.783. The zero-order chi connectivity index (χ0) is 23.3. The Balaban J connectivity index is 0.000000769. The average molecular weight is 426 g/mol. The van der Waals surface area contributed by atoms with Gasteiger partial charge in [-0.05, 0) is 59.0 Å². The molecule has 1 rings (SSSR count). The predicted octanol–water partition coefficient (Wildman–Crippen LogP) is 3.30. The lowest BCUT2D eigenvalue weighted by atomic mass is 9.99. The highest BCUT2D eigenvalue weighted by Gasteiger charge is 2.27. The number of carbonyl (C=O) groups excluding carboxylic acids is 2. The molecule has 7 nitrogen and oxygen atoms in total. The molecule has 30 heavy (non-hydrogen) atoms. The van der Waals surface area contributed by atoms with Gasteiger partial charge in [-0.1, -0.05) is 39.7 Å². The molecular formula is C23H43N3O4. The van der Waals surface area contributed by atoms with Gasteiger partial charge in [0.15, 0.2) is 0 Å². The molecule has 1 saturated heterocycles. The molecule has 7 heteroatoms. The van der Waals surface area contributed by atoms with Crippen molar-refractivity contribution >= 4 is 18.3 Å². The Kier molecular flexibility index (Phi) is 14.0. The summed E-state index contributed by atoms with van der Waals surface area (Å²) in [5, 5.41) is 11.5. The van der Waals surface area contributed by atoms with Crippen LogP contribution >= 0.6 is 0 Å². The van der Waals surface area contributed by atoms with Gasteiger partial charge in [-0.25, -0.2) is 4.79 Å². The van der Waals surface area contributed by atoms with Crippen LogP contribution in [0.3, 0.4) is 0 Å². The van der Waals surface area contributed by atoms with Crippen LogP contribution in [-0.4, -0.2) is 71.5 Å². The molecule has 2 amide bonds. The number of piperidine rings is 1. The summed E-state index contributed by atoms with van der Waals surface area (Å²) in [6.45, 7) is 14.5. The molecular weight excluding hydrogens is 382 g/mol. The normalized spacial score (nSPS) is 17.0. The summed E-state index contributed by atoms with van der Waals surface area (Å²) >= 11 is 0. The minimum Gasteiger partial charge on any atom is -0.478 e. The van der Waals surface area contributed by atoms with Crippen molar-refractivity contribution in [2.45, 2.75) is 91.8 Å². The number of aliphatic carboxylic acids is 1. The zero-order valence-electron chi connectivity index (χ0n) is 20.0. The van der Waals surface area contributed by atoms with Crippen molar-refractivity contribution in [3.05, 3.63) is 11.6 Å². The average Bonchev–Trinajstić information content (AvgIpc) is 2.71. The van der Waals surface area contributed by atoms with Crippen LogP contribution in [0.15, 0.2) is 11.6 Å². The number of likely N-dealkylation sites (tertiary alicyclic amines) is 1. The van der Waals surface area contributed by atoms with Crippen molar-refractivity contribution < 1.29 is 19.5 Å². The van der Waals surface area contributed by atoms with Gasteiger partial charge < -0.3 is 20.2 Å². The van der Waals surface area contributed by atoms with Crippen molar-refractivity contribution in [3.8, 4) is 0 Å². The first-order chi connectivity index (χ1) is 14.1. The Hall–Kier alpha value is -1.89. The third-order valence-corrected chi connectivity index (χ3v) is 5.50. The monoisotopic (exact) mass is 425 g/mol. The second-order valence-corrected chi connectivity index (χ2v) is 8.65. The fourth-order valence-corrected chi connectivity index (χ4v) is 3.56. The summed E-state index contributed by atoms with van der Waals surface area (Å²) in [6, 6.07) is -0.135. The Morgan fingerprint density at radius 2 is 1.70 bits per heavy atom. The summed E-state index contributed by atoms with van der Waals surface area (Å²) in [6.07, 6.45) is 7.69. The van der Waals surface area contributed by atoms with E-state index in [2.05, 4.69) is 24.1 Å². The maximum absolute atomic E-state index is 12.4. The van der Waals surface area contributed by atoms with Crippen molar-refractivity contribution in [1.82, 2.24) is 15.1 Å². The summed E-state index contributed by atoms with van der Waals surface area (Å²) < 4.78 is 0. The first-order valence-electron chi connectivity index (χ1n) is 11.2. The largest absolute Gasteiger partial charge is 0.478 e.